The maximum Gasteiger partial charge on any atom is 0.255 e. The molecule has 0 aliphatic carbocycles. The van der Waals surface area contributed by atoms with Crippen LogP contribution in [0.2, 0.25) is 0 Å². The number of rotatable bonds is 6. The van der Waals surface area contributed by atoms with Crippen LogP contribution in [0.5, 0.6) is 5.75 Å². The number of hydrogen-bond donors (Lipinski definition) is 1. The van der Waals surface area contributed by atoms with Crippen LogP contribution in [-0.4, -0.2) is 42.4 Å². The lowest BCUT2D eigenvalue weighted by Gasteiger charge is -2.13. The summed E-state index contributed by atoms with van der Waals surface area (Å²) >= 11 is 0. The summed E-state index contributed by atoms with van der Waals surface area (Å²) in [5.74, 6) is -2.33. The van der Waals surface area contributed by atoms with Crippen LogP contribution in [0.3, 0.4) is 0 Å². The maximum absolute atomic E-state index is 14.6. The minimum absolute atomic E-state index is 0.0272. The molecule has 0 radical (unpaired) electrons. The van der Waals surface area contributed by atoms with Gasteiger partial charge in [-0.25, -0.2) is 17.2 Å². The first-order valence-electron chi connectivity index (χ1n) is 10.8. The molecule has 10 heteroatoms. The van der Waals surface area contributed by atoms with Crippen LogP contribution in [-0.2, 0) is 22.8 Å². The molecule has 2 aromatic heterocycles. The molecule has 0 unspecified atom stereocenters. The van der Waals surface area contributed by atoms with Gasteiger partial charge in [0.05, 0.1) is 24.4 Å². The average Bonchev–Trinajstić information content (AvgIpc) is 3.36. The number of Topliss-reactive ketones (excluding diaryl/α,β-unsaturated/α-hetero) is 1. The zero-order valence-corrected chi connectivity index (χ0v) is 19.4. The summed E-state index contributed by atoms with van der Waals surface area (Å²) in [6, 6.07) is 9.59. The lowest BCUT2D eigenvalue weighted by atomic mass is 10.0. The fourth-order valence-corrected chi connectivity index (χ4v) is 5.12. The molecule has 0 atom stereocenters. The molecule has 0 spiro atoms. The van der Waals surface area contributed by atoms with Gasteiger partial charge >= 0.3 is 0 Å². The maximum atomic E-state index is 14.6. The molecule has 2 aromatic carbocycles. The monoisotopic (exact) mass is 498 g/mol. The van der Waals surface area contributed by atoms with Crippen LogP contribution < -0.4 is 10.3 Å². The van der Waals surface area contributed by atoms with Crippen molar-refractivity contribution in [1.82, 2.24) is 9.55 Å². The highest BCUT2D eigenvalue weighted by Crippen LogP contribution is 2.40. The van der Waals surface area contributed by atoms with E-state index in [0.717, 1.165) is 30.0 Å². The number of ketones is 1. The average molecular weight is 499 g/mol. The Morgan fingerprint density at radius 2 is 1.97 bits per heavy atom. The van der Waals surface area contributed by atoms with E-state index in [1.165, 1.54) is 16.8 Å². The second-order valence-corrected chi connectivity index (χ2v) is 10.7. The Bertz CT molecular complexity index is 1670. The summed E-state index contributed by atoms with van der Waals surface area (Å²) in [6.45, 7) is 0.205. The Kier molecular flexibility index (Phi) is 5.55. The third-order valence-corrected chi connectivity index (χ3v) is 6.74. The summed E-state index contributed by atoms with van der Waals surface area (Å²) in [4.78, 5) is 28.8. The number of aromatic amines is 1. The number of halogens is 2. The van der Waals surface area contributed by atoms with Gasteiger partial charge in [-0.05, 0) is 48.0 Å². The Hall–Kier alpha value is -3.79. The van der Waals surface area contributed by atoms with E-state index in [1.54, 1.807) is 18.2 Å². The Balaban J connectivity index is 1.88. The molecule has 1 aliphatic heterocycles. The first-order valence-corrected chi connectivity index (χ1v) is 12.8. The van der Waals surface area contributed by atoms with E-state index in [-0.39, 0.29) is 28.9 Å². The molecule has 0 saturated heterocycles. The predicted octanol–water partition coefficient (Wildman–Crippen LogP) is 3.49. The van der Waals surface area contributed by atoms with Crippen molar-refractivity contribution in [2.24, 2.45) is 0 Å². The zero-order valence-electron chi connectivity index (χ0n) is 18.6. The highest BCUT2D eigenvalue weighted by atomic mass is 32.2. The molecule has 180 valence electrons. The standard InChI is InChI=1S/C25H20F2N2O5S/c1-35(32,33)13-21(30)24-23(17-3-2-7-28-25(17)31)18-11-22-14(6-8-34-22)10-20(18)29(24)12-15-9-16(26)4-5-19(15)27/h2-5,7,9-11H,6,8,12-13H2,1H3,(H,28,31). The van der Waals surface area contributed by atoms with E-state index >= 15 is 0 Å². The Labute approximate surface area is 198 Å². The van der Waals surface area contributed by atoms with Gasteiger partial charge in [-0.15, -0.1) is 0 Å². The van der Waals surface area contributed by atoms with Gasteiger partial charge in [-0.1, -0.05) is 0 Å². The first-order chi connectivity index (χ1) is 16.6. The SMILES string of the molecule is CS(=O)(=O)CC(=O)c1c(-c2ccc[nH]c2=O)c2cc3c(cc2n1Cc1cc(F)ccc1F)CCO3. The molecule has 5 rings (SSSR count). The van der Waals surface area contributed by atoms with Gasteiger partial charge in [0.1, 0.15) is 23.1 Å². The molecule has 7 nitrogen and oxygen atoms in total. The lowest BCUT2D eigenvalue weighted by molar-refractivity contribution is 0.101. The fraction of sp³-hybridized carbons (Fsp3) is 0.200. The van der Waals surface area contributed by atoms with Gasteiger partial charge in [0, 0.05) is 41.0 Å². The van der Waals surface area contributed by atoms with E-state index in [4.69, 9.17) is 4.74 Å². The van der Waals surface area contributed by atoms with Crippen molar-refractivity contribution in [3.63, 3.8) is 0 Å². The number of sulfone groups is 1. The van der Waals surface area contributed by atoms with Crippen molar-refractivity contribution >= 4 is 26.5 Å². The number of carbonyl (C=O) groups excluding carboxylic acids is 1. The quantitative estimate of drug-likeness (QED) is 0.411. The van der Waals surface area contributed by atoms with Crippen LogP contribution in [0, 0.1) is 11.6 Å². The smallest absolute Gasteiger partial charge is 0.255 e. The molecule has 1 aliphatic rings. The van der Waals surface area contributed by atoms with Gasteiger partial charge in [-0.3, -0.25) is 9.59 Å². The van der Waals surface area contributed by atoms with Crippen LogP contribution in [0.1, 0.15) is 21.6 Å². The Morgan fingerprint density at radius 1 is 1.17 bits per heavy atom. The predicted molar refractivity (Wildman–Crippen MR) is 127 cm³/mol. The number of hydrogen-bond acceptors (Lipinski definition) is 5. The summed E-state index contributed by atoms with van der Waals surface area (Å²) < 4.78 is 59.8. The van der Waals surface area contributed by atoms with E-state index in [0.29, 0.717) is 29.7 Å². The first kappa shape index (κ1) is 23.0. The minimum Gasteiger partial charge on any atom is -0.493 e. The normalized spacial score (nSPS) is 13.1. The molecule has 1 N–H and O–H groups in total. The summed E-state index contributed by atoms with van der Waals surface area (Å²) in [5.41, 5.74) is 1.10. The number of ether oxygens (including phenoxy) is 1. The van der Waals surface area contributed by atoms with Crippen LogP contribution >= 0.6 is 0 Å². The number of pyridine rings is 1. The van der Waals surface area contributed by atoms with Gasteiger partial charge in [0.15, 0.2) is 15.6 Å². The number of nitrogens with one attached hydrogen (secondary N) is 1. The molecular formula is C25H20F2N2O5S. The number of nitrogens with zero attached hydrogens (tertiary/aromatic N) is 1. The highest BCUT2D eigenvalue weighted by Gasteiger charge is 2.29. The summed E-state index contributed by atoms with van der Waals surface area (Å²) in [7, 11) is -3.74. The second-order valence-electron chi connectivity index (χ2n) is 8.53. The molecule has 0 saturated carbocycles. The number of fused-ring (bicyclic) bond motifs is 2. The van der Waals surface area contributed by atoms with Crippen molar-refractivity contribution < 1.29 is 26.7 Å². The molecule has 35 heavy (non-hydrogen) atoms. The van der Waals surface area contributed by atoms with Gasteiger partial charge < -0.3 is 14.3 Å². The summed E-state index contributed by atoms with van der Waals surface area (Å²) in [5, 5.41) is 0.469. The molecule has 0 amide bonds. The highest BCUT2D eigenvalue weighted by molar-refractivity contribution is 7.91. The van der Waals surface area contributed by atoms with Gasteiger partial charge in [-0.2, -0.15) is 0 Å². The van der Waals surface area contributed by atoms with Crippen molar-refractivity contribution in [3.8, 4) is 16.9 Å². The van der Waals surface area contributed by atoms with Crippen LogP contribution in [0.25, 0.3) is 22.0 Å². The molecular weight excluding hydrogens is 478 g/mol. The number of aromatic nitrogens is 2. The lowest BCUT2D eigenvalue weighted by Crippen LogP contribution is -2.20. The van der Waals surface area contributed by atoms with Crippen LogP contribution in [0.4, 0.5) is 8.78 Å². The van der Waals surface area contributed by atoms with Crippen molar-refractivity contribution in [3.05, 3.63) is 87.5 Å². The topological polar surface area (TPSA) is 98.2 Å². The van der Waals surface area contributed by atoms with Crippen molar-refractivity contribution in [2.45, 2.75) is 13.0 Å². The van der Waals surface area contributed by atoms with E-state index in [1.807, 2.05) is 0 Å². The number of H-pyrrole nitrogens is 1. The number of benzene rings is 2. The molecule has 3 heterocycles. The Morgan fingerprint density at radius 3 is 2.71 bits per heavy atom. The van der Waals surface area contributed by atoms with Crippen LogP contribution in [0.15, 0.2) is 53.5 Å². The zero-order chi connectivity index (χ0) is 24.9. The van der Waals surface area contributed by atoms with E-state index in [2.05, 4.69) is 4.98 Å². The fourth-order valence-electron chi connectivity index (χ4n) is 4.51. The van der Waals surface area contributed by atoms with E-state index in [9.17, 15) is 26.8 Å². The molecule has 4 aromatic rings. The van der Waals surface area contributed by atoms with Gasteiger partial charge in [0.2, 0.25) is 0 Å². The third-order valence-electron chi connectivity index (χ3n) is 5.96. The van der Waals surface area contributed by atoms with E-state index < -0.39 is 38.6 Å². The minimum atomic E-state index is -3.74. The van der Waals surface area contributed by atoms with Crippen molar-refractivity contribution in [2.75, 3.05) is 18.6 Å². The third kappa shape index (κ3) is 4.25. The van der Waals surface area contributed by atoms with Gasteiger partial charge in [0.25, 0.3) is 5.56 Å². The van der Waals surface area contributed by atoms with Crippen molar-refractivity contribution in [1.29, 1.82) is 0 Å². The largest absolute Gasteiger partial charge is 0.493 e. The second kappa shape index (κ2) is 8.46. The molecule has 0 bridgehead atoms. The molecule has 0 fully saturated rings. The summed E-state index contributed by atoms with van der Waals surface area (Å²) in [6.07, 6.45) is 2.98. The number of carbonyl (C=O) groups is 1.